The normalized spacial score (nSPS) is 17.8. The van der Waals surface area contributed by atoms with Crippen LogP contribution in [0.1, 0.15) is 6.92 Å². The predicted octanol–water partition coefficient (Wildman–Crippen LogP) is 1.72. The summed E-state index contributed by atoms with van der Waals surface area (Å²) in [4.78, 5) is 15.6. The Kier molecular flexibility index (Phi) is 3.31. The molecule has 17 heavy (non-hydrogen) atoms. The van der Waals surface area contributed by atoms with Crippen LogP contribution in [0.25, 0.3) is 0 Å². The van der Waals surface area contributed by atoms with Crippen LogP contribution in [0.4, 0.5) is 11.4 Å². The largest absolute Gasteiger partial charge is 0.461 e. The van der Waals surface area contributed by atoms with Crippen molar-refractivity contribution < 1.29 is 14.6 Å². The van der Waals surface area contributed by atoms with E-state index in [4.69, 9.17) is 16.3 Å². The molecule has 6 heteroatoms. The number of hydrogen-bond acceptors (Lipinski definition) is 5. The number of nitrogens with zero attached hydrogens (tertiary/aromatic N) is 1. The van der Waals surface area contributed by atoms with Crippen molar-refractivity contribution in [3.05, 3.63) is 23.2 Å². The van der Waals surface area contributed by atoms with Gasteiger partial charge in [-0.2, -0.15) is 0 Å². The van der Waals surface area contributed by atoms with Gasteiger partial charge in [0.2, 0.25) is 0 Å². The van der Waals surface area contributed by atoms with Gasteiger partial charge in [0, 0.05) is 5.02 Å². The van der Waals surface area contributed by atoms with Crippen LogP contribution in [0.5, 0.6) is 0 Å². The number of carbonyl (C=O) groups excluding carboxylic acids is 1. The maximum absolute atomic E-state index is 11.5. The Morgan fingerprint density at radius 3 is 3.12 bits per heavy atom. The summed E-state index contributed by atoms with van der Waals surface area (Å²) in [6, 6.07) is 4.96. The van der Waals surface area contributed by atoms with Crippen molar-refractivity contribution in [1.29, 1.82) is 0 Å². The van der Waals surface area contributed by atoms with E-state index in [0.29, 0.717) is 16.4 Å². The van der Waals surface area contributed by atoms with Crippen LogP contribution in [0.15, 0.2) is 23.2 Å². The minimum Gasteiger partial charge on any atom is -0.461 e. The first-order valence-electron chi connectivity index (χ1n) is 5.11. The Morgan fingerprint density at radius 2 is 2.41 bits per heavy atom. The van der Waals surface area contributed by atoms with Gasteiger partial charge >= 0.3 is 5.97 Å². The Balaban J connectivity index is 2.37. The minimum absolute atomic E-state index is 0.0679. The molecule has 0 fully saturated rings. The van der Waals surface area contributed by atoms with Crippen molar-refractivity contribution in [3.63, 3.8) is 0 Å². The van der Waals surface area contributed by atoms with E-state index in [-0.39, 0.29) is 12.3 Å². The Morgan fingerprint density at radius 1 is 1.65 bits per heavy atom. The van der Waals surface area contributed by atoms with Gasteiger partial charge in [-0.25, -0.2) is 9.79 Å². The van der Waals surface area contributed by atoms with E-state index in [1.807, 2.05) is 0 Å². The van der Waals surface area contributed by atoms with Gasteiger partial charge in [0.1, 0.15) is 0 Å². The molecule has 1 aromatic carbocycles. The molecule has 5 nitrogen and oxygen atoms in total. The van der Waals surface area contributed by atoms with Gasteiger partial charge in [0.05, 0.1) is 18.0 Å². The first kappa shape index (κ1) is 11.9. The van der Waals surface area contributed by atoms with Crippen LogP contribution in [-0.2, 0) is 9.53 Å². The summed E-state index contributed by atoms with van der Waals surface area (Å²) in [5, 5.41) is 13.0. The Labute approximate surface area is 103 Å². The maximum Gasteiger partial charge on any atom is 0.357 e. The standard InChI is InChI=1S/C11H11ClN2O3/c1-2-17-11(16)9-10(15)14-7-4-3-6(12)5-8(7)13-9/h3-5,10,14-15H,2H2,1H3. The molecule has 1 heterocycles. The summed E-state index contributed by atoms with van der Waals surface area (Å²) < 4.78 is 4.79. The summed E-state index contributed by atoms with van der Waals surface area (Å²) in [5.41, 5.74) is 1.06. The first-order chi connectivity index (χ1) is 8.11. The molecule has 2 N–H and O–H groups in total. The number of aliphatic imine (C=N–C) groups is 1. The van der Waals surface area contributed by atoms with E-state index in [9.17, 15) is 9.90 Å². The number of fused-ring (bicyclic) bond motifs is 1. The third-order valence-electron chi connectivity index (χ3n) is 2.24. The molecule has 0 saturated carbocycles. The molecule has 1 aliphatic rings. The second-order valence-electron chi connectivity index (χ2n) is 3.43. The molecule has 0 saturated heterocycles. The van der Waals surface area contributed by atoms with E-state index >= 15 is 0 Å². The van der Waals surface area contributed by atoms with E-state index in [1.54, 1.807) is 25.1 Å². The molecule has 0 amide bonds. The van der Waals surface area contributed by atoms with Gasteiger partial charge in [-0.05, 0) is 25.1 Å². The summed E-state index contributed by atoms with van der Waals surface area (Å²) in [6.07, 6.45) is -1.16. The minimum atomic E-state index is -1.16. The molecule has 1 unspecified atom stereocenters. The molecular formula is C11H11ClN2O3. The van der Waals surface area contributed by atoms with Crippen molar-refractivity contribution in [2.45, 2.75) is 13.2 Å². The number of nitrogens with one attached hydrogen (secondary N) is 1. The van der Waals surface area contributed by atoms with Gasteiger partial charge in [-0.1, -0.05) is 11.6 Å². The van der Waals surface area contributed by atoms with Crippen LogP contribution in [-0.4, -0.2) is 29.6 Å². The molecule has 0 spiro atoms. The summed E-state index contributed by atoms with van der Waals surface area (Å²) in [5.74, 6) is -0.641. The number of hydrogen-bond donors (Lipinski definition) is 2. The van der Waals surface area contributed by atoms with Crippen molar-refractivity contribution >= 4 is 34.7 Å². The lowest BCUT2D eigenvalue weighted by molar-refractivity contribution is -0.135. The average molecular weight is 255 g/mol. The number of aliphatic hydroxyl groups excluding tert-OH is 1. The number of rotatable bonds is 2. The number of carbonyl (C=O) groups is 1. The van der Waals surface area contributed by atoms with Gasteiger partial charge in [0.25, 0.3) is 0 Å². The molecule has 1 aliphatic heterocycles. The number of halogens is 1. The molecule has 0 aliphatic carbocycles. The van der Waals surface area contributed by atoms with Crippen LogP contribution >= 0.6 is 11.6 Å². The van der Waals surface area contributed by atoms with Crippen LogP contribution in [0, 0.1) is 0 Å². The topological polar surface area (TPSA) is 70.9 Å². The van der Waals surface area contributed by atoms with E-state index in [0.717, 1.165) is 0 Å². The van der Waals surface area contributed by atoms with E-state index < -0.39 is 12.2 Å². The molecule has 1 atom stereocenters. The molecule has 0 radical (unpaired) electrons. The zero-order valence-corrected chi connectivity index (χ0v) is 9.86. The van der Waals surface area contributed by atoms with Gasteiger partial charge in [-0.3, -0.25) is 0 Å². The second kappa shape index (κ2) is 4.73. The first-order valence-corrected chi connectivity index (χ1v) is 5.49. The number of anilines is 1. The molecule has 1 aromatic rings. The van der Waals surface area contributed by atoms with Gasteiger partial charge in [-0.15, -0.1) is 0 Å². The zero-order chi connectivity index (χ0) is 12.4. The maximum atomic E-state index is 11.5. The highest BCUT2D eigenvalue weighted by molar-refractivity contribution is 6.40. The smallest absolute Gasteiger partial charge is 0.357 e. The van der Waals surface area contributed by atoms with Gasteiger partial charge in [0.15, 0.2) is 11.9 Å². The molecular weight excluding hydrogens is 244 g/mol. The second-order valence-corrected chi connectivity index (χ2v) is 3.86. The van der Waals surface area contributed by atoms with Crippen molar-refractivity contribution in [3.8, 4) is 0 Å². The Hall–Kier alpha value is -1.59. The van der Waals surface area contributed by atoms with Gasteiger partial charge < -0.3 is 15.2 Å². The van der Waals surface area contributed by atoms with E-state index in [2.05, 4.69) is 10.3 Å². The monoisotopic (exact) mass is 254 g/mol. The quantitative estimate of drug-likeness (QED) is 0.789. The third kappa shape index (κ3) is 2.40. The average Bonchev–Trinajstić information content (AvgIpc) is 2.29. The lowest BCUT2D eigenvalue weighted by atomic mass is 10.2. The molecule has 0 bridgehead atoms. The summed E-state index contributed by atoms with van der Waals surface area (Å²) in [7, 11) is 0. The number of ether oxygens (including phenoxy) is 1. The van der Waals surface area contributed by atoms with Crippen molar-refractivity contribution in [1.82, 2.24) is 0 Å². The summed E-state index contributed by atoms with van der Waals surface area (Å²) >= 11 is 5.83. The fourth-order valence-electron chi connectivity index (χ4n) is 1.49. The Bertz CT molecular complexity index is 488. The fraction of sp³-hybridized carbons (Fsp3) is 0.273. The number of esters is 1. The number of aliphatic hydroxyl groups is 1. The fourth-order valence-corrected chi connectivity index (χ4v) is 1.65. The van der Waals surface area contributed by atoms with Crippen LogP contribution < -0.4 is 5.32 Å². The van der Waals surface area contributed by atoms with Crippen molar-refractivity contribution in [2.24, 2.45) is 4.99 Å². The molecule has 2 rings (SSSR count). The van der Waals surface area contributed by atoms with Crippen molar-refractivity contribution in [2.75, 3.05) is 11.9 Å². The lowest BCUT2D eigenvalue weighted by Crippen LogP contribution is -2.37. The highest BCUT2D eigenvalue weighted by Crippen LogP contribution is 2.32. The number of benzene rings is 1. The highest BCUT2D eigenvalue weighted by Gasteiger charge is 2.27. The van der Waals surface area contributed by atoms with Crippen LogP contribution in [0.2, 0.25) is 5.02 Å². The van der Waals surface area contributed by atoms with E-state index in [1.165, 1.54) is 0 Å². The third-order valence-corrected chi connectivity index (χ3v) is 2.47. The highest BCUT2D eigenvalue weighted by atomic mass is 35.5. The lowest BCUT2D eigenvalue weighted by Gasteiger charge is -2.21. The predicted molar refractivity (Wildman–Crippen MR) is 64.8 cm³/mol. The summed E-state index contributed by atoms with van der Waals surface area (Å²) in [6.45, 7) is 1.92. The zero-order valence-electron chi connectivity index (χ0n) is 9.11. The molecule has 0 aromatic heterocycles. The SMILES string of the molecule is CCOC(=O)C1=Nc2cc(Cl)ccc2NC1O. The molecule has 90 valence electrons. The van der Waals surface area contributed by atoms with Crippen LogP contribution in [0.3, 0.4) is 0 Å².